The molecular weight excluding hydrogens is 390 g/mol. The van der Waals surface area contributed by atoms with Crippen LogP contribution in [-0.4, -0.2) is 48.9 Å². The molecule has 0 aromatic carbocycles. The van der Waals surface area contributed by atoms with E-state index in [1.165, 1.54) is 0 Å². The summed E-state index contributed by atoms with van der Waals surface area (Å²) < 4.78 is 8.36. The van der Waals surface area contributed by atoms with Gasteiger partial charge in [0.05, 0.1) is 0 Å². The summed E-state index contributed by atoms with van der Waals surface area (Å²) in [6.07, 6.45) is 0. The fourth-order valence-corrected chi connectivity index (χ4v) is 0. The summed E-state index contributed by atoms with van der Waals surface area (Å²) in [6, 6.07) is 0. The molecule has 0 radical (unpaired) electrons. The summed E-state index contributed by atoms with van der Waals surface area (Å²) >= 11 is 0.194. The quantitative estimate of drug-likeness (QED) is 0.482. The molecule has 0 fully saturated rings. The fourth-order valence-electron chi connectivity index (χ4n) is 0. The maximum absolute atomic E-state index is 8.36. The average molecular weight is 392 g/mol. The van der Waals surface area contributed by atoms with Crippen LogP contribution in [0.25, 0.3) is 0 Å². The third-order valence-electron chi connectivity index (χ3n) is 0. The first-order valence-electron chi connectivity index (χ1n) is 0.183. The van der Waals surface area contributed by atoms with Gasteiger partial charge in [-0.3, -0.25) is 0 Å². The molecule has 0 aliphatic rings. The molecule has 0 N–H and O–H groups in total. The Labute approximate surface area is 88.1 Å². The monoisotopic (exact) mass is 393 g/mol. The van der Waals surface area contributed by atoms with E-state index in [-0.39, 0.29) is 87.0 Å². The second kappa shape index (κ2) is 17.4. The summed E-state index contributed by atoms with van der Waals surface area (Å²) in [4.78, 5) is 0. The van der Waals surface area contributed by atoms with Gasteiger partial charge in [-0.25, -0.2) is 0 Å². The molecule has 0 unspecified atom stereocenters. The Balaban J connectivity index is -0.00000000500. The first-order valence-corrected chi connectivity index (χ1v) is 1.49. The van der Waals surface area contributed by atoms with Gasteiger partial charge in [-0.15, -0.1) is 0 Å². The summed E-state index contributed by atoms with van der Waals surface area (Å²) in [5.74, 6) is 0. The molecule has 1 nitrogen and oxygen atoms in total. The van der Waals surface area contributed by atoms with Crippen LogP contribution in [0.3, 0.4) is 0 Å². The van der Waals surface area contributed by atoms with Crippen molar-refractivity contribution >= 4 is 48.9 Å². The van der Waals surface area contributed by atoms with Gasteiger partial charge in [0.1, 0.15) is 0 Å². The van der Waals surface area contributed by atoms with Gasteiger partial charge < -0.3 is 0 Å². The van der Waals surface area contributed by atoms with E-state index in [0.29, 0.717) is 0 Å². The zero-order valence-corrected chi connectivity index (χ0v) is 5.53. The Bertz CT molecular complexity index is 8.00. The first kappa shape index (κ1) is 15.9. The number of hydrogen-bond donors (Lipinski definition) is 0. The van der Waals surface area contributed by atoms with Crippen LogP contribution in [0.2, 0.25) is 0 Å². The van der Waals surface area contributed by atoms with Gasteiger partial charge in [0, 0.05) is 17.1 Å². The molecule has 0 bridgehead atoms. The third kappa shape index (κ3) is 8.82. The molecule has 0 aliphatic carbocycles. The first-order chi connectivity index (χ1) is 1.00. The second-order valence-corrected chi connectivity index (χ2v) is 0. The minimum absolute atomic E-state index is 0. The third-order valence-corrected chi connectivity index (χ3v) is 0. The zero-order chi connectivity index (χ0) is 2.00. The predicted octanol–water partition coefficient (Wildman–Crippen LogP) is -1.04. The van der Waals surface area contributed by atoms with Gasteiger partial charge in [-0.05, 0) is 0 Å². The van der Waals surface area contributed by atoms with Crippen molar-refractivity contribution in [3.8, 4) is 0 Å². The Morgan fingerprint density at radius 2 is 1.25 bits per heavy atom. The second-order valence-electron chi connectivity index (χ2n) is 0. The normalized spacial score (nSPS) is 0.750. The molecule has 4 heavy (non-hydrogen) atoms. The van der Waals surface area contributed by atoms with Crippen LogP contribution in [0.1, 0.15) is 0 Å². The Morgan fingerprint density at radius 1 is 1.25 bits per heavy atom. The van der Waals surface area contributed by atoms with Crippen LogP contribution >= 0.6 is 0 Å². The van der Waals surface area contributed by atoms with Crippen molar-refractivity contribution in [3.63, 3.8) is 0 Å². The molecule has 0 heterocycles. The summed E-state index contributed by atoms with van der Waals surface area (Å²) in [6.45, 7) is 0. The molecule has 0 aromatic rings. The maximum atomic E-state index is 8.36. The van der Waals surface area contributed by atoms with Gasteiger partial charge in [0.2, 0.25) is 0 Å². The van der Waals surface area contributed by atoms with Crippen molar-refractivity contribution < 1.29 is 41.4 Å². The van der Waals surface area contributed by atoms with Crippen LogP contribution in [0.4, 0.5) is 0 Å². The van der Waals surface area contributed by atoms with E-state index in [2.05, 4.69) is 0 Å². The van der Waals surface area contributed by atoms with Gasteiger partial charge in [-0.1, -0.05) is 0 Å². The van der Waals surface area contributed by atoms with Crippen molar-refractivity contribution in [3.05, 3.63) is 0 Å². The van der Waals surface area contributed by atoms with E-state index >= 15 is 0 Å². The standard InChI is InChI=1S/Ba.Fe.O.Ta.2H. The van der Waals surface area contributed by atoms with Crippen LogP contribution in [0.5, 0.6) is 0 Å². The Morgan fingerprint density at radius 3 is 1.25 bits per heavy atom. The average Bonchev–Trinajstić information content (AvgIpc) is 1.00. The van der Waals surface area contributed by atoms with Crippen molar-refractivity contribution in [2.24, 2.45) is 0 Å². The van der Waals surface area contributed by atoms with Gasteiger partial charge in [-0.2, -0.15) is 0 Å². The van der Waals surface area contributed by atoms with E-state index in [0.717, 1.165) is 0 Å². The van der Waals surface area contributed by atoms with E-state index in [9.17, 15) is 0 Å². The topological polar surface area (TPSA) is 17.1 Å². The number of rotatable bonds is 0. The summed E-state index contributed by atoms with van der Waals surface area (Å²) in [5, 5.41) is 0. The Hall–Kier alpha value is 2.63. The molecule has 0 spiro atoms. The molecule has 0 atom stereocenters. The Kier molecular flexibility index (Phi) is 69.6. The summed E-state index contributed by atoms with van der Waals surface area (Å²) in [5.41, 5.74) is 0. The van der Waals surface area contributed by atoms with Gasteiger partial charge in [0.15, 0.2) is 0 Å². The molecular formula is H2BaFeOTa. The molecule has 0 amide bonds. The van der Waals surface area contributed by atoms with Crippen molar-refractivity contribution in [1.29, 1.82) is 0 Å². The SMILES string of the molecule is [BaH2].[Fe].[O]=[Ta]. The van der Waals surface area contributed by atoms with Crippen molar-refractivity contribution in [2.45, 2.75) is 0 Å². The zero-order valence-electron chi connectivity index (χ0n) is 1.21. The molecule has 0 saturated carbocycles. The van der Waals surface area contributed by atoms with Crippen LogP contribution in [0, 0.1) is 0 Å². The molecule has 4 heteroatoms. The van der Waals surface area contributed by atoms with Crippen molar-refractivity contribution in [2.75, 3.05) is 0 Å². The minimum atomic E-state index is 0. The molecule has 0 saturated heterocycles. The van der Waals surface area contributed by atoms with Crippen molar-refractivity contribution in [1.82, 2.24) is 0 Å². The van der Waals surface area contributed by atoms with E-state index in [1.54, 1.807) is 0 Å². The summed E-state index contributed by atoms with van der Waals surface area (Å²) in [7, 11) is 0. The number of hydrogen-bond acceptors (Lipinski definition) is 1. The van der Waals surface area contributed by atoms with Crippen LogP contribution < -0.4 is 0 Å². The molecule has 23 valence electrons. The van der Waals surface area contributed by atoms with E-state index in [4.69, 9.17) is 3.25 Å². The van der Waals surface area contributed by atoms with Crippen LogP contribution in [-0.2, 0) is 41.4 Å². The molecule has 0 aliphatic heterocycles. The molecule has 0 aromatic heterocycles. The van der Waals surface area contributed by atoms with Gasteiger partial charge >= 0.3 is 73.2 Å². The van der Waals surface area contributed by atoms with Crippen LogP contribution in [0.15, 0.2) is 0 Å². The van der Waals surface area contributed by atoms with Gasteiger partial charge in [0.25, 0.3) is 0 Å². The predicted molar refractivity (Wildman–Crippen MR) is 9.23 cm³/mol. The fraction of sp³-hybridized carbons (Fsp3) is 0. The van der Waals surface area contributed by atoms with E-state index < -0.39 is 0 Å². The van der Waals surface area contributed by atoms with E-state index in [1.807, 2.05) is 0 Å². The molecule has 0 rings (SSSR count).